The van der Waals surface area contributed by atoms with Gasteiger partial charge in [-0.05, 0) is 37.6 Å². The molecule has 0 aliphatic carbocycles. The van der Waals surface area contributed by atoms with Crippen molar-refractivity contribution in [1.82, 2.24) is 19.4 Å². The molecule has 0 amide bonds. The van der Waals surface area contributed by atoms with Crippen molar-refractivity contribution in [3.8, 4) is 5.88 Å². The summed E-state index contributed by atoms with van der Waals surface area (Å²) in [6.45, 7) is 2.56. The molecule has 0 saturated heterocycles. The molecule has 0 unspecified atom stereocenters. The number of likely N-dealkylation sites (N-methyl/N-ethyl adjacent to an activating group) is 1. The van der Waals surface area contributed by atoms with Gasteiger partial charge in [-0.2, -0.15) is 0 Å². The number of nitrogens with one attached hydrogen (secondary N) is 2. The number of aromatic hydroxyl groups is 1. The molecule has 0 saturated carbocycles. The van der Waals surface area contributed by atoms with Crippen molar-refractivity contribution in [3.63, 3.8) is 0 Å². The van der Waals surface area contributed by atoms with Gasteiger partial charge in [0.25, 0.3) is 5.56 Å². The highest BCUT2D eigenvalue weighted by Crippen LogP contribution is 2.39. The molecule has 3 N–H and O–H groups in total. The number of hydrogen-bond acceptors (Lipinski definition) is 4. The molecule has 0 radical (unpaired) electrons. The molecule has 2 atom stereocenters. The molecule has 2 aromatic carbocycles. The minimum atomic E-state index is -0.627. The number of aromatic nitrogens is 3. The Bertz CT molecular complexity index is 1380. The second-order valence-electron chi connectivity index (χ2n) is 8.15. The van der Waals surface area contributed by atoms with Gasteiger partial charge in [0.2, 0.25) is 5.88 Å². The third-order valence-electron chi connectivity index (χ3n) is 6.37. The van der Waals surface area contributed by atoms with E-state index in [1.165, 1.54) is 4.57 Å². The molecule has 1 aliphatic rings. The largest absolute Gasteiger partial charge is 0.494 e. The molecule has 7 heteroatoms. The Morgan fingerprint density at radius 3 is 2.52 bits per heavy atom. The molecule has 31 heavy (non-hydrogen) atoms. The fraction of sp³-hybridized carbons (Fsp3) is 0.250. The summed E-state index contributed by atoms with van der Waals surface area (Å²) in [4.78, 5) is 33.6. The smallest absolute Gasteiger partial charge is 0.331 e. The van der Waals surface area contributed by atoms with Gasteiger partial charge in [0.15, 0.2) is 0 Å². The van der Waals surface area contributed by atoms with Crippen LogP contribution in [0, 0.1) is 0 Å². The van der Waals surface area contributed by atoms with Crippen LogP contribution < -0.4 is 11.2 Å². The first kappa shape index (κ1) is 19.4. The summed E-state index contributed by atoms with van der Waals surface area (Å²) in [5, 5.41) is 12.4. The number of H-pyrrole nitrogens is 2. The van der Waals surface area contributed by atoms with Gasteiger partial charge in [0.05, 0.1) is 12.1 Å². The summed E-state index contributed by atoms with van der Waals surface area (Å²) in [5.74, 6) is -0.298. The molecule has 2 aromatic heterocycles. The van der Waals surface area contributed by atoms with Crippen LogP contribution in [0.25, 0.3) is 10.9 Å². The molecule has 3 heterocycles. The average Bonchev–Trinajstić information content (AvgIpc) is 3.14. The Kier molecular flexibility index (Phi) is 4.55. The minimum Gasteiger partial charge on any atom is -0.494 e. The maximum absolute atomic E-state index is 13.0. The highest BCUT2D eigenvalue weighted by Gasteiger charge is 2.35. The van der Waals surface area contributed by atoms with E-state index in [-0.39, 0.29) is 11.4 Å². The Morgan fingerprint density at radius 2 is 1.74 bits per heavy atom. The lowest BCUT2D eigenvalue weighted by atomic mass is 9.93. The number of para-hydroxylation sites is 1. The summed E-state index contributed by atoms with van der Waals surface area (Å²) in [6.07, 6.45) is 0.838. The molecule has 4 aromatic rings. The molecule has 5 rings (SSSR count). The first-order chi connectivity index (χ1) is 15.0. The van der Waals surface area contributed by atoms with Gasteiger partial charge in [-0.25, -0.2) is 4.79 Å². The lowest BCUT2D eigenvalue weighted by molar-refractivity contribution is 0.249. The maximum atomic E-state index is 13.0. The zero-order valence-corrected chi connectivity index (χ0v) is 17.4. The van der Waals surface area contributed by atoms with E-state index < -0.39 is 23.3 Å². The average molecular weight is 416 g/mol. The van der Waals surface area contributed by atoms with Crippen LogP contribution in [0.4, 0.5) is 0 Å². The van der Waals surface area contributed by atoms with Crippen LogP contribution >= 0.6 is 0 Å². The topological polar surface area (TPSA) is 94.1 Å². The number of benzene rings is 2. The van der Waals surface area contributed by atoms with Crippen molar-refractivity contribution in [2.24, 2.45) is 0 Å². The van der Waals surface area contributed by atoms with E-state index in [0.717, 1.165) is 40.7 Å². The van der Waals surface area contributed by atoms with Crippen molar-refractivity contribution in [1.29, 1.82) is 0 Å². The highest BCUT2D eigenvalue weighted by atomic mass is 16.3. The van der Waals surface area contributed by atoms with Crippen molar-refractivity contribution in [2.45, 2.75) is 25.4 Å². The van der Waals surface area contributed by atoms with Crippen LogP contribution in [-0.2, 0) is 6.42 Å². The van der Waals surface area contributed by atoms with Gasteiger partial charge in [-0.3, -0.25) is 19.2 Å². The van der Waals surface area contributed by atoms with E-state index in [1.54, 1.807) is 0 Å². The number of rotatable bonds is 3. The third-order valence-corrected chi connectivity index (χ3v) is 6.37. The Labute approximate surface area is 178 Å². The molecular formula is C24H24N4O3. The molecule has 158 valence electrons. The first-order valence-electron chi connectivity index (χ1n) is 10.4. The Hall–Kier alpha value is -3.58. The fourth-order valence-electron chi connectivity index (χ4n) is 4.76. The summed E-state index contributed by atoms with van der Waals surface area (Å²) in [7, 11) is 1.92. The van der Waals surface area contributed by atoms with Gasteiger partial charge < -0.3 is 10.1 Å². The van der Waals surface area contributed by atoms with Gasteiger partial charge in [0.1, 0.15) is 5.56 Å². The molecular weight excluding hydrogens is 392 g/mol. The first-order valence-corrected chi connectivity index (χ1v) is 10.4. The van der Waals surface area contributed by atoms with E-state index in [4.69, 9.17) is 0 Å². The number of fused-ring (bicyclic) bond motifs is 3. The molecule has 0 fully saturated rings. The van der Waals surface area contributed by atoms with Crippen LogP contribution in [0.5, 0.6) is 5.88 Å². The standard InChI is InChI=1S/C24H24N4O3/c1-14(15-8-4-3-5-9-15)28-23(30)19(22(29)26-24(28)31)21-20-17(12-13-27(21)2)16-10-6-7-11-18(16)25-20/h3-11,14,21,25,30H,12-13H2,1-2H3,(H,26,29,31)/t14-,21-/m0/s1. The summed E-state index contributed by atoms with van der Waals surface area (Å²) in [6, 6.07) is 16.5. The van der Waals surface area contributed by atoms with E-state index >= 15 is 0 Å². The SMILES string of the molecule is C[C@@H](c1ccccc1)n1c(O)c([C@H]2c3[nH]c4ccccc4c3CCN2C)c(=O)[nH]c1=O. The number of nitrogens with zero attached hydrogens (tertiary/aromatic N) is 2. The fourth-order valence-corrected chi connectivity index (χ4v) is 4.76. The zero-order chi connectivity index (χ0) is 21.7. The van der Waals surface area contributed by atoms with E-state index in [2.05, 4.69) is 16.0 Å². The second-order valence-corrected chi connectivity index (χ2v) is 8.15. The predicted octanol–water partition coefficient (Wildman–Crippen LogP) is 2.91. The predicted molar refractivity (Wildman–Crippen MR) is 120 cm³/mol. The third kappa shape index (κ3) is 3.00. The quantitative estimate of drug-likeness (QED) is 0.479. The molecule has 1 aliphatic heterocycles. The van der Waals surface area contributed by atoms with Crippen molar-refractivity contribution < 1.29 is 5.11 Å². The van der Waals surface area contributed by atoms with Crippen LogP contribution in [0.2, 0.25) is 0 Å². The summed E-state index contributed by atoms with van der Waals surface area (Å²) < 4.78 is 1.26. The summed E-state index contributed by atoms with van der Waals surface area (Å²) in [5.41, 5.74) is 2.87. The molecule has 0 spiro atoms. The van der Waals surface area contributed by atoms with Gasteiger partial charge in [-0.15, -0.1) is 0 Å². The lowest BCUT2D eigenvalue weighted by Crippen LogP contribution is -2.40. The lowest BCUT2D eigenvalue weighted by Gasteiger charge is -2.33. The monoisotopic (exact) mass is 416 g/mol. The van der Waals surface area contributed by atoms with Gasteiger partial charge >= 0.3 is 5.69 Å². The Morgan fingerprint density at radius 1 is 1.03 bits per heavy atom. The van der Waals surface area contributed by atoms with Crippen LogP contribution in [0.3, 0.4) is 0 Å². The van der Waals surface area contributed by atoms with Gasteiger partial charge in [-0.1, -0.05) is 48.5 Å². The molecule has 7 nitrogen and oxygen atoms in total. The normalized spacial score (nSPS) is 17.5. The maximum Gasteiger partial charge on any atom is 0.331 e. The van der Waals surface area contributed by atoms with Crippen LogP contribution in [-0.4, -0.2) is 38.1 Å². The van der Waals surface area contributed by atoms with Crippen molar-refractivity contribution >= 4 is 10.9 Å². The highest BCUT2D eigenvalue weighted by molar-refractivity contribution is 5.85. The van der Waals surface area contributed by atoms with Gasteiger partial charge in [0, 0.05) is 23.1 Å². The van der Waals surface area contributed by atoms with E-state index in [9.17, 15) is 14.7 Å². The number of aromatic amines is 2. The van der Waals surface area contributed by atoms with Crippen LogP contribution in [0.15, 0.2) is 64.2 Å². The second kappa shape index (κ2) is 7.28. The minimum absolute atomic E-state index is 0.178. The van der Waals surface area contributed by atoms with Crippen LogP contribution in [0.1, 0.15) is 41.4 Å². The van der Waals surface area contributed by atoms with E-state index in [1.807, 2.05) is 67.4 Å². The zero-order valence-electron chi connectivity index (χ0n) is 17.4. The Balaban J connectivity index is 1.73. The summed E-state index contributed by atoms with van der Waals surface area (Å²) >= 11 is 0. The van der Waals surface area contributed by atoms with Crippen molar-refractivity contribution in [3.05, 3.63) is 97.8 Å². The van der Waals surface area contributed by atoms with Crippen molar-refractivity contribution in [2.75, 3.05) is 13.6 Å². The number of hydrogen-bond donors (Lipinski definition) is 3. The molecule has 0 bridgehead atoms. The van der Waals surface area contributed by atoms with E-state index in [0.29, 0.717) is 0 Å².